The van der Waals surface area contributed by atoms with Gasteiger partial charge in [-0.15, -0.1) is 10.2 Å². The van der Waals surface area contributed by atoms with E-state index in [1.54, 1.807) is 10.7 Å². The standard InChI is InChI=1S/C22H18N8OS/c31-21(14-6-7-14)25-17-13-30-18(24-17)10-11-20(28-30)32-22-27-26-19-9-8-16(12-29(19)22)23-15-4-2-1-3-5-15/h1-5,8-14,23H,6-7H2,(H,25,31). The van der Waals surface area contributed by atoms with Crippen LogP contribution < -0.4 is 10.6 Å². The number of nitrogens with one attached hydrogen (secondary N) is 2. The number of rotatable bonds is 6. The van der Waals surface area contributed by atoms with Gasteiger partial charge in [0, 0.05) is 17.8 Å². The third-order valence-corrected chi connectivity index (χ3v) is 6.01. The van der Waals surface area contributed by atoms with E-state index in [4.69, 9.17) is 0 Å². The van der Waals surface area contributed by atoms with Crippen LogP contribution in [0.15, 0.2) is 77.2 Å². The molecule has 1 amide bonds. The van der Waals surface area contributed by atoms with Gasteiger partial charge >= 0.3 is 0 Å². The van der Waals surface area contributed by atoms with E-state index >= 15 is 0 Å². The number of hydrogen-bond donors (Lipinski definition) is 2. The van der Waals surface area contributed by atoms with Crippen molar-refractivity contribution in [1.29, 1.82) is 0 Å². The number of pyridine rings is 1. The van der Waals surface area contributed by atoms with Crippen molar-refractivity contribution in [1.82, 2.24) is 29.2 Å². The molecule has 9 nitrogen and oxygen atoms in total. The van der Waals surface area contributed by atoms with Gasteiger partial charge in [-0.1, -0.05) is 18.2 Å². The smallest absolute Gasteiger partial charge is 0.228 e. The maximum atomic E-state index is 12.0. The summed E-state index contributed by atoms with van der Waals surface area (Å²) in [5.74, 6) is 0.667. The van der Waals surface area contributed by atoms with E-state index in [-0.39, 0.29) is 11.8 Å². The summed E-state index contributed by atoms with van der Waals surface area (Å²) in [5.41, 5.74) is 3.35. The number of benzene rings is 1. The van der Waals surface area contributed by atoms with Crippen LogP contribution in [0, 0.1) is 5.92 Å². The van der Waals surface area contributed by atoms with Crippen LogP contribution in [-0.4, -0.2) is 35.1 Å². The summed E-state index contributed by atoms with van der Waals surface area (Å²) >= 11 is 1.41. The lowest BCUT2D eigenvalue weighted by Crippen LogP contribution is -2.13. The van der Waals surface area contributed by atoms with Gasteiger partial charge in [-0.05, 0) is 61.0 Å². The highest BCUT2D eigenvalue weighted by Gasteiger charge is 2.30. The quantitative estimate of drug-likeness (QED) is 0.410. The Balaban J connectivity index is 1.25. The summed E-state index contributed by atoms with van der Waals surface area (Å²) in [7, 11) is 0. The number of anilines is 3. The molecule has 1 aromatic carbocycles. The van der Waals surface area contributed by atoms with Crippen molar-refractivity contribution in [3.8, 4) is 0 Å². The number of para-hydroxylation sites is 1. The molecule has 0 atom stereocenters. The summed E-state index contributed by atoms with van der Waals surface area (Å²) in [6, 6.07) is 17.6. The first kappa shape index (κ1) is 18.8. The van der Waals surface area contributed by atoms with Gasteiger partial charge in [0.1, 0.15) is 5.03 Å². The van der Waals surface area contributed by atoms with Crippen LogP contribution in [0.3, 0.4) is 0 Å². The van der Waals surface area contributed by atoms with E-state index in [0.29, 0.717) is 16.6 Å². The van der Waals surface area contributed by atoms with Gasteiger partial charge in [-0.25, -0.2) is 9.50 Å². The Bertz CT molecular complexity index is 1440. The summed E-state index contributed by atoms with van der Waals surface area (Å²) in [5, 5.41) is 20.9. The second kappa shape index (κ2) is 7.65. The van der Waals surface area contributed by atoms with Gasteiger partial charge in [0.25, 0.3) is 0 Å². The van der Waals surface area contributed by atoms with Gasteiger partial charge in [-0.2, -0.15) is 5.10 Å². The predicted molar refractivity (Wildman–Crippen MR) is 121 cm³/mol. The highest BCUT2D eigenvalue weighted by atomic mass is 32.2. The monoisotopic (exact) mass is 442 g/mol. The molecule has 1 fully saturated rings. The topological polar surface area (TPSA) is 102 Å². The van der Waals surface area contributed by atoms with E-state index in [0.717, 1.165) is 34.9 Å². The zero-order valence-corrected chi connectivity index (χ0v) is 17.7. The SMILES string of the molecule is O=C(Nc1cn2nc(Sc3nnc4ccc(Nc5ccccc5)cn34)ccc2n1)C1CC1. The second-order valence-electron chi connectivity index (χ2n) is 7.59. The lowest BCUT2D eigenvalue weighted by Gasteiger charge is -2.07. The van der Waals surface area contributed by atoms with Crippen molar-refractivity contribution in [3.63, 3.8) is 0 Å². The van der Waals surface area contributed by atoms with Crippen LogP contribution in [0.4, 0.5) is 17.2 Å². The molecule has 0 bridgehead atoms. The van der Waals surface area contributed by atoms with Crippen LogP contribution in [0.2, 0.25) is 0 Å². The number of carbonyl (C=O) groups is 1. The summed E-state index contributed by atoms with van der Waals surface area (Å²) in [6.45, 7) is 0. The van der Waals surface area contributed by atoms with Gasteiger partial charge < -0.3 is 10.6 Å². The number of carbonyl (C=O) groups excluding carboxylic acids is 1. The fraction of sp³-hybridized carbons (Fsp3) is 0.136. The first-order valence-corrected chi connectivity index (χ1v) is 11.0. The molecule has 0 spiro atoms. The van der Waals surface area contributed by atoms with Crippen LogP contribution in [0.1, 0.15) is 12.8 Å². The molecule has 6 rings (SSSR count). The zero-order chi connectivity index (χ0) is 21.5. The fourth-order valence-electron chi connectivity index (χ4n) is 3.35. The van der Waals surface area contributed by atoms with Crippen LogP contribution >= 0.6 is 11.8 Å². The molecule has 1 aliphatic rings. The van der Waals surface area contributed by atoms with E-state index in [2.05, 4.69) is 30.9 Å². The molecular formula is C22H18N8OS. The van der Waals surface area contributed by atoms with Gasteiger partial charge in [0.2, 0.25) is 11.1 Å². The number of amides is 1. The van der Waals surface area contributed by atoms with E-state index in [1.165, 1.54) is 11.8 Å². The fourth-order valence-corrected chi connectivity index (χ4v) is 4.13. The summed E-state index contributed by atoms with van der Waals surface area (Å²) < 4.78 is 3.59. The summed E-state index contributed by atoms with van der Waals surface area (Å²) in [4.78, 5) is 16.4. The Hall–Kier alpha value is -3.92. The average molecular weight is 443 g/mol. The molecule has 5 aromatic rings. The van der Waals surface area contributed by atoms with E-state index in [1.807, 2.05) is 65.2 Å². The minimum atomic E-state index is 0.0258. The maximum absolute atomic E-state index is 12.0. The molecule has 1 saturated carbocycles. The Morgan fingerprint density at radius 3 is 2.62 bits per heavy atom. The van der Waals surface area contributed by atoms with Gasteiger partial charge in [0.15, 0.2) is 17.1 Å². The third kappa shape index (κ3) is 3.76. The molecule has 4 heterocycles. The van der Waals surface area contributed by atoms with Crippen molar-refractivity contribution >= 4 is 46.2 Å². The Morgan fingerprint density at radius 2 is 1.78 bits per heavy atom. The predicted octanol–water partition coefficient (Wildman–Crippen LogP) is 4.02. The molecule has 4 aromatic heterocycles. The minimum absolute atomic E-state index is 0.0258. The molecule has 0 unspecified atom stereocenters. The lowest BCUT2D eigenvalue weighted by molar-refractivity contribution is -0.117. The lowest BCUT2D eigenvalue weighted by atomic mass is 10.3. The van der Waals surface area contributed by atoms with Crippen molar-refractivity contribution in [3.05, 3.63) is 67.0 Å². The largest absolute Gasteiger partial charge is 0.354 e. The minimum Gasteiger partial charge on any atom is -0.354 e. The number of aromatic nitrogens is 6. The molecule has 0 saturated heterocycles. The van der Waals surface area contributed by atoms with Crippen molar-refractivity contribution < 1.29 is 4.79 Å². The Labute approximate surface area is 186 Å². The molecule has 32 heavy (non-hydrogen) atoms. The molecule has 1 aliphatic carbocycles. The first-order valence-electron chi connectivity index (χ1n) is 10.2. The number of imidazole rings is 1. The molecule has 0 radical (unpaired) electrons. The number of hydrogen-bond acceptors (Lipinski definition) is 7. The van der Waals surface area contributed by atoms with Crippen LogP contribution in [0.25, 0.3) is 11.3 Å². The highest BCUT2D eigenvalue weighted by Crippen LogP contribution is 2.30. The summed E-state index contributed by atoms with van der Waals surface area (Å²) in [6.07, 6.45) is 5.59. The second-order valence-corrected chi connectivity index (χ2v) is 8.57. The normalized spacial score (nSPS) is 13.5. The highest BCUT2D eigenvalue weighted by molar-refractivity contribution is 7.99. The average Bonchev–Trinajstić information content (AvgIpc) is 3.48. The third-order valence-electron chi connectivity index (χ3n) is 5.12. The number of nitrogens with zero attached hydrogens (tertiary/aromatic N) is 6. The van der Waals surface area contributed by atoms with Crippen molar-refractivity contribution in [2.75, 3.05) is 10.6 Å². The van der Waals surface area contributed by atoms with E-state index in [9.17, 15) is 4.79 Å². The Kier molecular flexibility index (Phi) is 4.50. The first-order chi connectivity index (χ1) is 15.7. The van der Waals surface area contributed by atoms with Crippen molar-refractivity contribution in [2.24, 2.45) is 5.92 Å². The van der Waals surface area contributed by atoms with Crippen molar-refractivity contribution in [2.45, 2.75) is 23.0 Å². The van der Waals surface area contributed by atoms with Crippen LogP contribution in [0.5, 0.6) is 0 Å². The van der Waals surface area contributed by atoms with Gasteiger partial charge in [0.05, 0.1) is 11.9 Å². The number of fused-ring (bicyclic) bond motifs is 2. The molecule has 0 aliphatic heterocycles. The zero-order valence-electron chi connectivity index (χ0n) is 16.8. The van der Waals surface area contributed by atoms with Crippen LogP contribution in [-0.2, 0) is 4.79 Å². The van der Waals surface area contributed by atoms with E-state index < -0.39 is 0 Å². The molecule has 10 heteroatoms. The molecule has 158 valence electrons. The maximum Gasteiger partial charge on any atom is 0.228 e. The molecule has 2 N–H and O–H groups in total. The molecular weight excluding hydrogens is 424 g/mol. The Morgan fingerprint density at radius 1 is 0.938 bits per heavy atom. The van der Waals surface area contributed by atoms with Gasteiger partial charge in [-0.3, -0.25) is 9.20 Å².